The molecule has 7 heteroatoms. The molecule has 0 bridgehead atoms. The molecule has 132 valence electrons. The molecule has 1 saturated heterocycles. The van der Waals surface area contributed by atoms with Crippen molar-refractivity contribution in [1.82, 2.24) is 9.80 Å². The molecular formula is C18H19FN2O4. The number of piperazine rings is 1. The van der Waals surface area contributed by atoms with Gasteiger partial charge in [0, 0.05) is 38.9 Å². The van der Waals surface area contributed by atoms with Gasteiger partial charge >= 0.3 is 0 Å². The van der Waals surface area contributed by atoms with Crippen molar-refractivity contribution in [3.8, 4) is 0 Å². The summed E-state index contributed by atoms with van der Waals surface area (Å²) < 4.78 is 23.4. The van der Waals surface area contributed by atoms with Crippen molar-refractivity contribution in [2.45, 2.75) is 6.61 Å². The quantitative estimate of drug-likeness (QED) is 0.851. The second kappa shape index (κ2) is 7.48. The van der Waals surface area contributed by atoms with Gasteiger partial charge in [0.05, 0.1) is 0 Å². The van der Waals surface area contributed by atoms with Gasteiger partial charge in [-0.15, -0.1) is 0 Å². The van der Waals surface area contributed by atoms with Crippen LogP contribution >= 0.6 is 0 Å². The summed E-state index contributed by atoms with van der Waals surface area (Å²) in [4.78, 5) is 28.2. The van der Waals surface area contributed by atoms with Gasteiger partial charge in [-0.05, 0) is 36.4 Å². The molecular weight excluding hydrogens is 327 g/mol. The zero-order chi connectivity index (χ0) is 17.8. The smallest absolute Gasteiger partial charge is 0.289 e. The highest BCUT2D eigenvalue weighted by Crippen LogP contribution is 2.15. The number of furan rings is 1. The lowest BCUT2D eigenvalue weighted by Crippen LogP contribution is -2.50. The van der Waals surface area contributed by atoms with Crippen LogP contribution in [0.4, 0.5) is 4.39 Å². The number of carbonyl (C=O) groups excluding carboxylic acids is 2. The molecule has 6 nitrogen and oxygen atoms in total. The van der Waals surface area contributed by atoms with E-state index in [-0.39, 0.29) is 23.4 Å². The lowest BCUT2D eigenvalue weighted by atomic mass is 10.1. The first kappa shape index (κ1) is 17.2. The Morgan fingerprint density at radius 2 is 1.60 bits per heavy atom. The van der Waals surface area contributed by atoms with Gasteiger partial charge in [0.25, 0.3) is 11.8 Å². The molecule has 2 aromatic rings. The van der Waals surface area contributed by atoms with E-state index in [9.17, 15) is 14.0 Å². The van der Waals surface area contributed by atoms with Gasteiger partial charge in [0.1, 0.15) is 18.2 Å². The van der Waals surface area contributed by atoms with Crippen molar-refractivity contribution < 1.29 is 23.1 Å². The lowest BCUT2D eigenvalue weighted by molar-refractivity contribution is 0.0514. The molecule has 1 aromatic heterocycles. The predicted octanol–water partition coefficient (Wildman–Crippen LogP) is 2.16. The largest absolute Gasteiger partial charge is 0.453 e. The normalized spacial score (nSPS) is 14.6. The molecule has 0 spiro atoms. The number of halogens is 1. The van der Waals surface area contributed by atoms with Gasteiger partial charge in [-0.3, -0.25) is 9.59 Å². The molecule has 2 amide bonds. The Balaban J connectivity index is 1.58. The molecule has 1 fully saturated rings. The highest BCUT2D eigenvalue weighted by Gasteiger charge is 2.27. The molecule has 0 unspecified atom stereocenters. The third-order valence-electron chi connectivity index (χ3n) is 4.10. The van der Waals surface area contributed by atoms with Gasteiger partial charge in [-0.2, -0.15) is 0 Å². The van der Waals surface area contributed by atoms with Crippen molar-refractivity contribution in [3.63, 3.8) is 0 Å². The Hall–Kier alpha value is -2.67. The van der Waals surface area contributed by atoms with E-state index in [2.05, 4.69) is 0 Å². The molecule has 25 heavy (non-hydrogen) atoms. The molecule has 1 aromatic carbocycles. The van der Waals surface area contributed by atoms with Crippen LogP contribution in [0.5, 0.6) is 0 Å². The van der Waals surface area contributed by atoms with Crippen LogP contribution in [0.3, 0.4) is 0 Å². The number of hydrogen-bond acceptors (Lipinski definition) is 4. The average Bonchev–Trinajstić information content (AvgIpc) is 3.10. The van der Waals surface area contributed by atoms with E-state index < -0.39 is 0 Å². The summed E-state index contributed by atoms with van der Waals surface area (Å²) >= 11 is 0. The van der Waals surface area contributed by atoms with Crippen LogP contribution in [0, 0.1) is 5.82 Å². The molecule has 2 heterocycles. The number of nitrogens with zero attached hydrogens (tertiary/aromatic N) is 2. The Kier molecular flexibility index (Phi) is 5.14. The molecule has 0 aliphatic carbocycles. The minimum Gasteiger partial charge on any atom is -0.453 e. The summed E-state index contributed by atoms with van der Waals surface area (Å²) in [6.45, 7) is 2.01. The van der Waals surface area contributed by atoms with E-state index in [1.54, 1.807) is 29.0 Å². The minimum atomic E-state index is -0.377. The lowest BCUT2D eigenvalue weighted by Gasteiger charge is -2.34. The summed E-state index contributed by atoms with van der Waals surface area (Å²) in [5.41, 5.74) is 0.441. The first-order chi connectivity index (χ1) is 12.1. The van der Waals surface area contributed by atoms with Crippen molar-refractivity contribution in [2.75, 3.05) is 33.3 Å². The van der Waals surface area contributed by atoms with Gasteiger partial charge in [0.2, 0.25) is 0 Å². The molecule has 1 aliphatic heterocycles. The maximum atomic E-state index is 13.0. The summed E-state index contributed by atoms with van der Waals surface area (Å²) in [5, 5.41) is 0. The Morgan fingerprint density at radius 1 is 1.00 bits per heavy atom. The molecule has 0 radical (unpaired) electrons. The Labute approximate surface area is 144 Å². The number of hydrogen-bond donors (Lipinski definition) is 0. The first-order valence-corrected chi connectivity index (χ1v) is 8.00. The van der Waals surface area contributed by atoms with Crippen LogP contribution in [0.25, 0.3) is 0 Å². The highest BCUT2D eigenvalue weighted by atomic mass is 19.1. The number of ether oxygens (including phenoxy) is 1. The van der Waals surface area contributed by atoms with E-state index in [1.165, 1.54) is 24.3 Å². The molecule has 0 atom stereocenters. The fourth-order valence-corrected chi connectivity index (χ4v) is 2.76. The monoisotopic (exact) mass is 346 g/mol. The summed E-state index contributed by atoms with van der Waals surface area (Å²) in [6.07, 6.45) is 0. The van der Waals surface area contributed by atoms with Crippen LogP contribution in [-0.4, -0.2) is 54.9 Å². The third-order valence-corrected chi connectivity index (χ3v) is 4.10. The van der Waals surface area contributed by atoms with E-state index >= 15 is 0 Å². The standard InChI is InChI=1S/C18H19FN2O4/c1-24-12-15-6-7-16(25-15)18(23)21-10-8-20(9-11-21)17(22)13-2-4-14(19)5-3-13/h2-7H,8-12H2,1H3. The highest BCUT2D eigenvalue weighted by molar-refractivity contribution is 5.95. The van der Waals surface area contributed by atoms with E-state index in [1.807, 2.05) is 0 Å². The maximum absolute atomic E-state index is 13.0. The van der Waals surface area contributed by atoms with Crippen LogP contribution in [0.1, 0.15) is 26.7 Å². The van der Waals surface area contributed by atoms with Gasteiger partial charge in [-0.1, -0.05) is 0 Å². The van der Waals surface area contributed by atoms with Gasteiger partial charge < -0.3 is 19.0 Å². The first-order valence-electron chi connectivity index (χ1n) is 8.00. The summed E-state index contributed by atoms with van der Waals surface area (Å²) in [6, 6.07) is 8.81. The summed E-state index contributed by atoms with van der Waals surface area (Å²) in [5.74, 6) is 0.128. The van der Waals surface area contributed by atoms with Gasteiger partial charge in [0.15, 0.2) is 5.76 Å². The number of amides is 2. The Morgan fingerprint density at radius 3 is 2.20 bits per heavy atom. The predicted molar refractivity (Wildman–Crippen MR) is 87.6 cm³/mol. The number of rotatable bonds is 4. The second-order valence-electron chi connectivity index (χ2n) is 5.79. The van der Waals surface area contributed by atoms with E-state index in [0.29, 0.717) is 44.1 Å². The fourth-order valence-electron chi connectivity index (χ4n) is 2.76. The van der Waals surface area contributed by atoms with Crippen molar-refractivity contribution >= 4 is 11.8 Å². The summed E-state index contributed by atoms with van der Waals surface area (Å²) in [7, 11) is 1.56. The average molecular weight is 346 g/mol. The third kappa shape index (κ3) is 3.88. The van der Waals surface area contributed by atoms with Crippen molar-refractivity contribution in [3.05, 3.63) is 59.3 Å². The Bertz CT molecular complexity index is 749. The van der Waals surface area contributed by atoms with Crippen molar-refractivity contribution in [2.24, 2.45) is 0 Å². The van der Waals surface area contributed by atoms with Crippen LogP contribution in [0.2, 0.25) is 0 Å². The minimum absolute atomic E-state index is 0.160. The molecule has 1 aliphatic rings. The molecule has 0 N–H and O–H groups in total. The molecule has 0 saturated carbocycles. The van der Waals surface area contributed by atoms with Crippen LogP contribution in [0.15, 0.2) is 40.8 Å². The molecule has 3 rings (SSSR count). The van der Waals surface area contributed by atoms with E-state index in [4.69, 9.17) is 9.15 Å². The number of carbonyl (C=O) groups is 2. The van der Waals surface area contributed by atoms with Gasteiger partial charge in [-0.25, -0.2) is 4.39 Å². The van der Waals surface area contributed by atoms with Crippen LogP contribution in [-0.2, 0) is 11.3 Å². The SMILES string of the molecule is COCc1ccc(C(=O)N2CCN(C(=O)c3ccc(F)cc3)CC2)o1. The zero-order valence-corrected chi connectivity index (χ0v) is 13.9. The van der Waals surface area contributed by atoms with Crippen molar-refractivity contribution in [1.29, 1.82) is 0 Å². The van der Waals surface area contributed by atoms with Crippen LogP contribution < -0.4 is 0 Å². The zero-order valence-electron chi connectivity index (χ0n) is 13.9. The number of benzene rings is 1. The topological polar surface area (TPSA) is 63.0 Å². The number of methoxy groups -OCH3 is 1. The maximum Gasteiger partial charge on any atom is 0.289 e. The van der Waals surface area contributed by atoms with E-state index in [0.717, 1.165) is 0 Å². The second-order valence-corrected chi connectivity index (χ2v) is 5.79. The fraction of sp³-hybridized carbons (Fsp3) is 0.333.